The van der Waals surface area contributed by atoms with Gasteiger partial charge in [-0.3, -0.25) is 4.79 Å². The summed E-state index contributed by atoms with van der Waals surface area (Å²) in [5.41, 5.74) is 5.85. The highest BCUT2D eigenvalue weighted by Gasteiger charge is 2.30. The summed E-state index contributed by atoms with van der Waals surface area (Å²) in [6, 6.07) is 0. The summed E-state index contributed by atoms with van der Waals surface area (Å²) < 4.78 is 0. The van der Waals surface area contributed by atoms with Gasteiger partial charge in [-0.15, -0.1) is 0 Å². The number of anilines is 2. The van der Waals surface area contributed by atoms with Crippen molar-refractivity contribution >= 4 is 28.2 Å². The van der Waals surface area contributed by atoms with Gasteiger partial charge in [0.2, 0.25) is 0 Å². The number of rotatable bonds is 4. The van der Waals surface area contributed by atoms with E-state index in [1.165, 1.54) is 11.3 Å². The second-order valence-corrected chi connectivity index (χ2v) is 6.31. The lowest BCUT2D eigenvalue weighted by molar-refractivity contribution is 0.0789. The second kappa shape index (κ2) is 5.77. The molecule has 0 bridgehead atoms. The van der Waals surface area contributed by atoms with Gasteiger partial charge in [-0.2, -0.15) is 0 Å². The molecule has 0 aliphatic carbocycles. The normalized spacial score (nSPS) is 19.2. The molecule has 0 saturated carbocycles. The monoisotopic (exact) mass is 282 g/mol. The fraction of sp³-hybridized carbons (Fsp3) is 0.692. The first-order valence-corrected chi connectivity index (χ1v) is 7.64. The molecule has 1 aromatic rings. The van der Waals surface area contributed by atoms with Crippen molar-refractivity contribution in [3.05, 3.63) is 4.88 Å². The molecule has 1 saturated heterocycles. The molecular weight excluding hydrogens is 260 g/mol. The van der Waals surface area contributed by atoms with E-state index < -0.39 is 0 Å². The van der Waals surface area contributed by atoms with Crippen molar-refractivity contribution < 1.29 is 4.79 Å². The minimum Gasteiger partial charge on any atom is -0.382 e. The smallest absolute Gasteiger partial charge is 0.267 e. The topological polar surface area (TPSA) is 71.2 Å². The van der Waals surface area contributed by atoms with Crippen molar-refractivity contribution in [2.24, 2.45) is 11.8 Å². The van der Waals surface area contributed by atoms with Crippen LogP contribution in [0.15, 0.2) is 0 Å². The summed E-state index contributed by atoms with van der Waals surface area (Å²) in [5.74, 6) is 1.60. The van der Waals surface area contributed by atoms with Gasteiger partial charge in [0.15, 0.2) is 5.13 Å². The van der Waals surface area contributed by atoms with Gasteiger partial charge in [0.1, 0.15) is 10.7 Å². The number of thiazole rings is 1. The van der Waals surface area contributed by atoms with Crippen LogP contribution >= 0.6 is 11.3 Å². The molecule has 1 unspecified atom stereocenters. The third-order valence-corrected chi connectivity index (χ3v) is 4.65. The molecule has 5 nitrogen and oxygen atoms in total. The van der Waals surface area contributed by atoms with Crippen LogP contribution in [0.5, 0.6) is 0 Å². The molecule has 3 N–H and O–H groups in total. The molecule has 0 spiro atoms. The third-order valence-electron chi connectivity index (χ3n) is 3.63. The lowest BCUT2D eigenvalue weighted by Gasteiger charge is -2.17. The summed E-state index contributed by atoms with van der Waals surface area (Å²) in [4.78, 5) is 19.1. The van der Waals surface area contributed by atoms with Crippen LogP contribution in [-0.2, 0) is 0 Å². The van der Waals surface area contributed by atoms with E-state index >= 15 is 0 Å². The molecule has 1 atom stereocenters. The van der Waals surface area contributed by atoms with Crippen LogP contribution in [0, 0.1) is 11.8 Å². The molecule has 1 amide bonds. The molecule has 1 aromatic heterocycles. The van der Waals surface area contributed by atoms with E-state index in [1.54, 1.807) is 0 Å². The minimum atomic E-state index is 0.0299. The molecule has 1 fully saturated rings. The van der Waals surface area contributed by atoms with Crippen LogP contribution in [0.25, 0.3) is 0 Å². The van der Waals surface area contributed by atoms with Crippen LogP contribution in [0.3, 0.4) is 0 Å². The van der Waals surface area contributed by atoms with Gasteiger partial charge >= 0.3 is 0 Å². The number of nitrogens with two attached hydrogens (primary N) is 1. The number of likely N-dealkylation sites (tertiary alicyclic amines) is 1. The average molecular weight is 282 g/mol. The quantitative estimate of drug-likeness (QED) is 0.888. The standard InChI is InChI=1S/C13H22N4OS/c1-4-15-13-16-11(14)10(19-13)12(18)17-6-5-9(7-17)8(2)3/h8-9H,4-7,14H2,1-3H3,(H,15,16). The lowest BCUT2D eigenvalue weighted by Crippen LogP contribution is -2.29. The van der Waals surface area contributed by atoms with E-state index in [-0.39, 0.29) is 5.91 Å². The van der Waals surface area contributed by atoms with Gasteiger partial charge in [0.05, 0.1) is 0 Å². The van der Waals surface area contributed by atoms with Crippen LogP contribution in [0.4, 0.5) is 10.9 Å². The molecule has 0 radical (unpaired) electrons. The van der Waals surface area contributed by atoms with Crippen LogP contribution in [0.1, 0.15) is 36.9 Å². The number of amides is 1. The minimum absolute atomic E-state index is 0.0299. The summed E-state index contributed by atoms with van der Waals surface area (Å²) in [7, 11) is 0. The Kier molecular flexibility index (Phi) is 4.29. The van der Waals surface area contributed by atoms with E-state index in [0.29, 0.717) is 22.5 Å². The number of hydrogen-bond donors (Lipinski definition) is 2. The predicted octanol–water partition coefficient (Wildman–Crippen LogP) is 2.28. The van der Waals surface area contributed by atoms with Crippen LogP contribution in [-0.4, -0.2) is 35.4 Å². The summed E-state index contributed by atoms with van der Waals surface area (Å²) >= 11 is 1.35. The third kappa shape index (κ3) is 3.00. The molecular formula is C13H22N4OS. The number of carbonyl (C=O) groups is 1. The molecule has 0 aromatic carbocycles. The number of hydrogen-bond acceptors (Lipinski definition) is 5. The van der Waals surface area contributed by atoms with E-state index in [2.05, 4.69) is 24.1 Å². The van der Waals surface area contributed by atoms with Crippen LogP contribution in [0.2, 0.25) is 0 Å². The van der Waals surface area contributed by atoms with Crippen LogP contribution < -0.4 is 11.1 Å². The highest BCUT2D eigenvalue weighted by atomic mass is 32.1. The van der Waals surface area contributed by atoms with Gasteiger partial charge < -0.3 is 16.0 Å². The van der Waals surface area contributed by atoms with Gasteiger partial charge in [-0.05, 0) is 25.2 Å². The Morgan fingerprint density at radius 3 is 2.95 bits per heavy atom. The fourth-order valence-corrected chi connectivity index (χ4v) is 3.29. The number of nitrogen functional groups attached to an aromatic ring is 1. The van der Waals surface area contributed by atoms with Crippen molar-refractivity contribution in [3.63, 3.8) is 0 Å². The maximum atomic E-state index is 12.4. The van der Waals surface area contributed by atoms with Gasteiger partial charge in [-0.1, -0.05) is 25.2 Å². The fourth-order valence-electron chi connectivity index (χ4n) is 2.37. The van der Waals surface area contributed by atoms with E-state index in [4.69, 9.17) is 5.73 Å². The molecule has 2 rings (SSSR count). The molecule has 106 valence electrons. The molecule has 19 heavy (non-hydrogen) atoms. The highest BCUT2D eigenvalue weighted by molar-refractivity contribution is 7.18. The van der Waals surface area contributed by atoms with E-state index in [0.717, 1.165) is 31.2 Å². The average Bonchev–Trinajstić information content (AvgIpc) is 2.96. The number of nitrogens with zero attached hydrogens (tertiary/aromatic N) is 2. The molecule has 6 heteroatoms. The first-order valence-electron chi connectivity index (χ1n) is 6.82. The SMILES string of the molecule is CCNc1nc(N)c(C(=O)N2CCC(C(C)C)C2)s1. The second-order valence-electron chi connectivity index (χ2n) is 5.31. The zero-order valence-electron chi connectivity index (χ0n) is 11.8. The Morgan fingerprint density at radius 1 is 1.63 bits per heavy atom. The first kappa shape index (κ1) is 14.1. The number of nitrogens with one attached hydrogen (secondary N) is 1. The Morgan fingerprint density at radius 2 is 2.37 bits per heavy atom. The van der Waals surface area contributed by atoms with Crippen molar-refractivity contribution in [3.8, 4) is 0 Å². The van der Waals surface area contributed by atoms with Crippen molar-refractivity contribution in [1.82, 2.24) is 9.88 Å². The lowest BCUT2D eigenvalue weighted by atomic mass is 9.95. The Labute approximate surface area is 118 Å². The van der Waals surface area contributed by atoms with Crippen molar-refractivity contribution in [2.45, 2.75) is 27.2 Å². The van der Waals surface area contributed by atoms with Gasteiger partial charge in [0, 0.05) is 19.6 Å². The maximum absolute atomic E-state index is 12.4. The predicted molar refractivity (Wildman–Crippen MR) is 79.5 cm³/mol. The molecule has 1 aliphatic rings. The number of aromatic nitrogens is 1. The molecule has 1 aliphatic heterocycles. The first-order chi connectivity index (χ1) is 9.02. The van der Waals surface area contributed by atoms with E-state index in [9.17, 15) is 4.79 Å². The maximum Gasteiger partial charge on any atom is 0.267 e. The summed E-state index contributed by atoms with van der Waals surface area (Å²) in [6.45, 7) is 8.86. The van der Waals surface area contributed by atoms with E-state index in [1.807, 2.05) is 11.8 Å². The van der Waals surface area contributed by atoms with Gasteiger partial charge in [0.25, 0.3) is 5.91 Å². The largest absolute Gasteiger partial charge is 0.382 e. The zero-order chi connectivity index (χ0) is 14.0. The summed E-state index contributed by atoms with van der Waals surface area (Å²) in [6.07, 6.45) is 1.09. The summed E-state index contributed by atoms with van der Waals surface area (Å²) in [5, 5.41) is 3.82. The Hall–Kier alpha value is -1.30. The van der Waals surface area contributed by atoms with Gasteiger partial charge in [-0.25, -0.2) is 4.98 Å². The van der Waals surface area contributed by atoms with Crippen molar-refractivity contribution in [1.29, 1.82) is 0 Å². The van der Waals surface area contributed by atoms with Crippen molar-refractivity contribution in [2.75, 3.05) is 30.7 Å². The Bertz CT molecular complexity index is 457. The molecule has 2 heterocycles. The number of carbonyl (C=O) groups excluding carboxylic acids is 1. The Balaban J connectivity index is 2.08. The zero-order valence-corrected chi connectivity index (χ0v) is 12.6. The highest BCUT2D eigenvalue weighted by Crippen LogP contribution is 2.30.